The molecular formula is C15H20N4O2. The standard InChI is InChI=1S/C15H20N4O2/c1-3-9-18-14(15(19(20)21)11(2)17-18)10-13(16)12-7-5-4-6-8-12/h4-8,13H,3,9-10,16H2,1-2H3. The van der Waals surface area contributed by atoms with Crippen LogP contribution in [0.15, 0.2) is 30.3 Å². The van der Waals surface area contributed by atoms with Gasteiger partial charge in [-0.05, 0) is 18.9 Å². The Morgan fingerprint density at radius 2 is 2.05 bits per heavy atom. The summed E-state index contributed by atoms with van der Waals surface area (Å²) in [6, 6.07) is 9.34. The van der Waals surface area contributed by atoms with Crippen LogP contribution in [0, 0.1) is 17.0 Å². The van der Waals surface area contributed by atoms with E-state index in [-0.39, 0.29) is 16.7 Å². The van der Waals surface area contributed by atoms with Crippen molar-refractivity contribution in [2.24, 2.45) is 5.73 Å². The van der Waals surface area contributed by atoms with Crippen LogP contribution in [-0.2, 0) is 13.0 Å². The summed E-state index contributed by atoms with van der Waals surface area (Å²) in [5.41, 5.74) is 8.32. The summed E-state index contributed by atoms with van der Waals surface area (Å²) in [7, 11) is 0. The highest BCUT2D eigenvalue weighted by Crippen LogP contribution is 2.27. The Morgan fingerprint density at radius 3 is 2.62 bits per heavy atom. The van der Waals surface area contributed by atoms with Crippen molar-refractivity contribution in [1.82, 2.24) is 9.78 Å². The van der Waals surface area contributed by atoms with Crippen molar-refractivity contribution in [1.29, 1.82) is 0 Å². The molecule has 0 spiro atoms. The molecule has 1 aromatic carbocycles. The third-order valence-corrected chi connectivity index (χ3v) is 3.46. The van der Waals surface area contributed by atoms with E-state index < -0.39 is 0 Å². The molecule has 0 saturated heterocycles. The van der Waals surface area contributed by atoms with Gasteiger partial charge in [0.1, 0.15) is 11.4 Å². The Kier molecular flexibility index (Phi) is 4.70. The van der Waals surface area contributed by atoms with Crippen LogP contribution in [0.25, 0.3) is 0 Å². The number of nitro groups is 1. The first-order valence-electron chi connectivity index (χ1n) is 7.05. The highest BCUT2D eigenvalue weighted by atomic mass is 16.6. The van der Waals surface area contributed by atoms with Crippen LogP contribution in [0.2, 0.25) is 0 Å². The Balaban J connectivity index is 2.35. The Morgan fingerprint density at radius 1 is 1.38 bits per heavy atom. The van der Waals surface area contributed by atoms with E-state index in [2.05, 4.69) is 5.10 Å². The fraction of sp³-hybridized carbons (Fsp3) is 0.400. The molecular weight excluding hydrogens is 268 g/mol. The van der Waals surface area contributed by atoms with E-state index >= 15 is 0 Å². The minimum atomic E-state index is -0.360. The van der Waals surface area contributed by atoms with Crippen LogP contribution in [0.5, 0.6) is 0 Å². The van der Waals surface area contributed by atoms with Gasteiger partial charge in [-0.3, -0.25) is 14.8 Å². The quantitative estimate of drug-likeness (QED) is 0.654. The largest absolute Gasteiger partial charge is 0.324 e. The molecule has 2 N–H and O–H groups in total. The van der Waals surface area contributed by atoms with Gasteiger partial charge in [0.15, 0.2) is 0 Å². The molecule has 0 aliphatic carbocycles. The lowest BCUT2D eigenvalue weighted by molar-refractivity contribution is -0.386. The average molecular weight is 288 g/mol. The smallest absolute Gasteiger partial charge is 0.313 e. The molecule has 0 saturated carbocycles. The Bertz CT molecular complexity index is 622. The van der Waals surface area contributed by atoms with Crippen LogP contribution < -0.4 is 5.73 Å². The molecule has 0 aliphatic rings. The van der Waals surface area contributed by atoms with Crippen molar-refractivity contribution in [2.45, 2.75) is 39.3 Å². The van der Waals surface area contributed by atoms with Gasteiger partial charge in [-0.2, -0.15) is 5.10 Å². The predicted octanol–water partition coefficient (Wildman–Crippen LogP) is 2.75. The topological polar surface area (TPSA) is 87.0 Å². The number of nitrogens with zero attached hydrogens (tertiary/aromatic N) is 3. The zero-order chi connectivity index (χ0) is 15.4. The van der Waals surface area contributed by atoms with Crippen molar-refractivity contribution in [2.75, 3.05) is 0 Å². The summed E-state index contributed by atoms with van der Waals surface area (Å²) in [5, 5.41) is 15.6. The number of aryl methyl sites for hydroxylation is 2. The number of rotatable bonds is 6. The van der Waals surface area contributed by atoms with E-state index in [1.165, 1.54) is 0 Å². The number of hydrogen-bond acceptors (Lipinski definition) is 4. The van der Waals surface area contributed by atoms with Gasteiger partial charge in [0.05, 0.1) is 4.92 Å². The molecule has 0 amide bonds. The minimum absolute atomic E-state index is 0.0924. The van der Waals surface area contributed by atoms with Gasteiger partial charge in [-0.1, -0.05) is 37.3 Å². The fourth-order valence-corrected chi connectivity index (χ4v) is 2.48. The van der Waals surface area contributed by atoms with E-state index in [0.29, 0.717) is 24.4 Å². The summed E-state index contributed by atoms with van der Waals surface area (Å²) < 4.78 is 1.72. The van der Waals surface area contributed by atoms with Gasteiger partial charge in [0.2, 0.25) is 0 Å². The van der Waals surface area contributed by atoms with E-state index in [1.54, 1.807) is 11.6 Å². The fourth-order valence-electron chi connectivity index (χ4n) is 2.48. The third kappa shape index (κ3) is 3.28. The summed E-state index contributed by atoms with van der Waals surface area (Å²) in [5.74, 6) is 0. The van der Waals surface area contributed by atoms with E-state index in [9.17, 15) is 10.1 Å². The van der Waals surface area contributed by atoms with Crippen molar-refractivity contribution in [3.8, 4) is 0 Å². The highest BCUT2D eigenvalue weighted by Gasteiger charge is 2.26. The number of benzene rings is 1. The molecule has 2 rings (SSSR count). The third-order valence-electron chi connectivity index (χ3n) is 3.46. The first kappa shape index (κ1) is 15.2. The molecule has 1 aromatic heterocycles. The maximum Gasteiger partial charge on any atom is 0.313 e. The highest BCUT2D eigenvalue weighted by molar-refractivity contribution is 5.41. The monoisotopic (exact) mass is 288 g/mol. The zero-order valence-electron chi connectivity index (χ0n) is 12.3. The lowest BCUT2D eigenvalue weighted by Crippen LogP contribution is -2.17. The van der Waals surface area contributed by atoms with Crippen molar-refractivity contribution in [3.05, 3.63) is 57.4 Å². The maximum atomic E-state index is 11.3. The van der Waals surface area contributed by atoms with Gasteiger partial charge in [-0.15, -0.1) is 0 Å². The lowest BCUT2D eigenvalue weighted by atomic mass is 10.0. The van der Waals surface area contributed by atoms with Crippen molar-refractivity contribution in [3.63, 3.8) is 0 Å². The first-order chi connectivity index (χ1) is 10.0. The first-order valence-corrected chi connectivity index (χ1v) is 7.05. The molecule has 1 atom stereocenters. The number of hydrogen-bond donors (Lipinski definition) is 1. The van der Waals surface area contributed by atoms with E-state index in [4.69, 9.17) is 5.73 Å². The van der Waals surface area contributed by atoms with Crippen molar-refractivity contribution >= 4 is 5.69 Å². The van der Waals surface area contributed by atoms with Crippen LogP contribution in [0.4, 0.5) is 5.69 Å². The van der Waals surface area contributed by atoms with Gasteiger partial charge in [0.25, 0.3) is 0 Å². The number of nitrogens with two attached hydrogens (primary N) is 1. The van der Waals surface area contributed by atoms with Gasteiger partial charge >= 0.3 is 5.69 Å². The molecule has 112 valence electrons. The van der Waals surface area contributed by atoms with E-state index in [0.717, 1.165) is 12.0 Å². The van der Waals surface area contributed by atoms with Crippen LogP contribution >= 0.6 is 0 Å². The molecule has 1 heterocycles. The van der Waals surface area contributed by atoms with Gasteiger partial charge in [-0.25, -0.2) is 0 Å². The lowest BCUT2D eigenvalue weighted by Gasteiger charge is -2.13. The average Bonchev–Trinajstić information content (AvgIpc) is 2.76. The summed E-state index contributed by atoms with van der Waals surface area (Å²) >= 11 is 0. The second-order valence-electron chi connectivity index (χ2n) is 5.08. The van der Waals surface area contributed by atoms with Crippen LogP contribution in [0.1, 0.15) is 36.3 Å². The Hall–Kier alpha value is -2.21. The second-order valence-corrected chi connectivity index (χ2v) is 5.08. The minimum Gasteiger partial charge on any atom is -0.324 e. The molecule has 1 unspecified atom stereocenters. The zero-order valence-corrected chi connectivity index (χ0v) is 12.3. The molecule has 6 heteroatoms. The second kappa shape index (κ2) is 6.49. The molecule has 0 fully saturated rings. The molecule has 0 radical (unpaired) electrons. The molecule has 21 heavy (non-hydrogen) atoms. The molecule has 0 aliphatic heterocycles. The summed E-state index contributed by atoms with van der Waals surface area (Å²) in [4.78, 5) is 10.9. The van der Waals surface area contributed by atoms with Crippen molar-refractivity contribution < 1.29 is 4.92 Å². The SMILES string of the molecule is CCCn1nc(C)c([N+](=O)[O-])c1CC(N)c1ccccc1. The number of aromatic nitrogens is 2. The van der Waals surface area contributed by atoms with Crippen LogP contribution in [0.3, 0.4) is 0 Å². The Labute approximate surface area is 123 Å². The molecule has 6 nitrogen and oxygen atoms in total. The normalized spacial score (nSPS) is 12.3. The van der Waals surface area contributed by atoms with Gasteiger partial charge < -0.3 is 5.73 Å². The van der Waals surface area contributed by atoms with Crippen LogP contribution in [-0.4, -0.2) is 14.7 Å². The summed E-state index contributed by atoms with van der Waals surface area (Å²) in [6.45, 7) is 4.34. The molecule has 0 bridgehead atoms. The molecule has 2 aromatic rings. The van der Waals surface area contributed by atoms with Gasteiger partial charge in [0, 0.05) is 19.0 Å². The maximum absolute atomic E-state index is 11.3. The summed E-state index contributed by atoms with van der Waals surface area (Å²) in [6.07, 6.45) is 1.27. The predicted molar refractivity (Wildman–Crippen MR) is 81.0 cm³/mol. The van der Waals surface area contributed by atoms with E-state index in [1.807, 2.05) is 37.3 Å².